The quantitative estimate of drug-likeness (QED) is 0.656. The number of carbonyl (C=O) groups excluding carboxylic acids is 1. The molecule has 0 aromatic heterocycles. The molecule has 2 heteroatoms. The SMILES string of the molecule is C=C[C@@H]1C[C@]1(NC(C)C)C(=O)CC. The van der Waals surface area contributed by atoms with Crippen molar-refractivity contribution in [3.63, 3.8) is 0 Å². The number of hydrogen-bond donors (Lipinski definition) is 1. The molecule has 1 saturated carbocycles. The van der Waals surface area contributed by atoms with Gasteiger partial charge in [-0.1, -0.05) is 13.0 Å². The summed E-state index contributed by atoms with van der Waals surface area (Å²) in [7, 11) is 0. The van der Waals surface area contributed by atoms with Crippen LogP contribution in [0.2, 0.25) is 0 Å². The van der Waals surface area contributed by atoms with Gasteiger partial charge in [-0.25, -0.2) is 0 Å². The van der Waals surface area contributed by atoms with Crippen LogP contribution >= 0.6 is 0 Å². The summed E-state index contributed by atoms with van der Waals surface area (Å²) in [5.41, 5.74) is -0.259. The van der Waals surface area contributed by atoms with Gasteiger partial charge in [0.1, 0.15) is 0 Å². The van der Waals surface area contributed by atoms with Gasteiger partial charge in [0.15, 0.2) is 5.78 Å². The number of rotatable bonds is 5. The molecule has 2 nitrogen and oxygen atoms in total. The van der Waals surface area contributed by atoms with Crippen LogP contribution in [0.1, 0.15) is 33.6 Å². The summed E-state index contributed by atoms with van der Waals surface area (Å²) in [6.45, 7) is 9.82. The molecule has 0 bridgehead atoms. The first-order chi connectivity index (χ1) is 6.06. The first-order valence-electron chi connectivity index (χ1n) is 5.00. The fraction of sp³-hybridized carbons (Fsp3) is 0.727. The van der Waals surface area contributed by atoms with E-state index in [1.807, 2.05) is 13.0 Å². The summed E-state index contributed by atoms with van der Waals surface area (Å²) in [6.07, 6.45) is 3.44. The molecule has 1 fully saturated rings. The molecule has 0 heterocycles. The van der Waals surface area contributed by atoms with Crippen LogP contribution in [0.3, 0.4) is 0 Å². The highest BCUT2D eigenvalue weighted by Crippen LogP contribution is 2.45. The van der Waals surface area contributed by atoms with E-state index in [-0.39, 0.29) is 5.54 Å². The highest BCUT2D eigenvalue weighted by Gasteiger charge is 2.57. The summed E-state index contributed by atoms with van der Waals surface area (Å²) in [5.74, 6) is 0.674. The Hall–Kier alpha value is -0.630. The van der Waals surface area contributed by atoms with Gasteiger partial charge in [0.2, 0.25) is 0 Å². The minimum absolute atomic E-state index is 0.259. The Balaban J connectivity index is 2.68. The zero-order valence-electron chi connectivity index (χ0n) is 8.76. The topological polar surface area (TPSA) is 29.1 Å². The van der Waals surface area contributed by atoms with E-state index in [9.17, 15) is 4.79 Å². The lowest BCUT2D eigenvalue weighted by atomic mass is 10.0. The summed E-state index contributed by atoms with van der Waals surface area (Å²) in [5, 5.41) is 3.36. The second-order valence-electron chi connectivity index (χ2n) is 4.09. The second kappa shape index (κ2) is 3.62. The third-order valence-corrected chi connectivity index (χ3v) is 2.66. The maximum absolute atomic E-state index is 11.7. The molecule has 74 valence electrons. The van der Waals surface area contributed by atoms with E-state index in [1.165, 1.54) is 0 Å². The molecule has 1 rings (SSSR count). The van der Waals surface area contributed by atoms with Crippen LogP contribution in [0.25, 0.3) is 0 Å². The Morgan fingerprint density at radius 1 is 1.77 bits per heavy atom. The fourth-order valence-corrected chi connectivity index (χ4v) is 1.97. The molecule has 0 aromatic carbocycles. The van der Waals surface area contributed by atoms with E-state index < -0.39 is 0 Å². The van der Waals surface area contributed by atoms with Crippen molar-refractivity contribution < 1.29 is 4.79 Å². The molecule has 1 aliphatic rings. The molecule has 1 aliphatic carbocycles. The van der Waals surface area contributed by atoms with Gasteiger partial charge in [0.25, 0.3) is 0 Å². The molecule has 0 saturated heterocycles. The third-order valence-electron chi connectivity index (χ3n) is 2.66. The Labute approximate surface area is 80.4 Å². The van der Waals surface area contributed by atoms with Crippen LogP contribution in [0.5, 0.6) is 0 Å². The van der Waals surface area contributed by atoms with Crippen molar-refractivity contribution in [2.45, 2.75) is 45.2 Å². The van der Waals surface area contributed by atoms with E-state index in [4.69, 9.17) is 0 Å². The Kier molecular flexibility index (Phi) is 2.91. The molecular formula is C11H19NO. The van der Waals surface area contributed by atoms with Gasteiger partial charge >= 0.3 is 0 Å². The van der Waals surface area contributed by atoms with Crippen LogP contribution < -0.4 is 5.32 Å². The van der Waals surface area contributed by atoms with E-state index in [0.717, 1.165) is 6.42 Å². The standard InChI is InChI=1S/C11H19NO/c1-5-9-7-11(9,10(13)6-2)12-8(3)4/h5,8-9,12H,1,6-7H2,2-4H3/t9-,11-/m1/s1. The average Bonchev–Trinajstić information content (AvgIpc) is 2.77. The van der Waals surface area contributed by atoms with Crippen molar-refractivity contribution in [3.05, 3.63) is 12.7 Å². The Morgan fingerprint density at radius 3 is 2.69 bits per heavy atom. The van der Waals surface area contributed by atoms with Crippen LogP contribution in [-0.2, 0) is 4.79 Å². The lowest BCUT2D eigenvalue weighted by Gasteiger charge is -2.19. The summed E-state index contributed by atoms with van der Waals surface area (Å²) >= 11 is 0. The maximum Gasteiger partial charge on any atom is 0.153 e. The minimum Gasteiger partial charge on any atom is -0.302 e. The Bertz CT molecular complexity index is 222. The lowest BCUT2D eigenvalue weighted by molar-refractivity contribution is -0.122. The average molecular weight is 181 g/mol. The molecule has 0 radical (unpaired) electrons. The third kappa shape index (κ3) is 1.83. The van der Waals surface area contributed by atoms with Gasteiger partial charge in [-0.05, 0) is 20.3 Å². The van der Waals surface area contributed by atoms with Crippen molar-refractivity contribution in [2.75, 3.05) is 0 Å². The zero-order valence-corrected chi connectivity index (χ0v) is 8.76. The van der Waals surface area contributed by atoms with Gasteiger partial charge in [-0.3, -0.25) is 4.79 Å². The number of Topliss-reactive ketones (excluding diaryl/α,β-unsaturated/α-hetero) is 1. The molecule has 0 aromatic rings. The number of hydrogen-bond acceptors (Lipinski definition) is 2. The fourth-order valence-electron chi connectivity index (χ4n) is 1.97. The number of carbonyl (C=O) groups is 1. The van der Waals surface area contributed by atoms with Crippen molar-refractivity contribution in [1.82, 2.24) is 5.32 Å². The smallest absolute Gasteiger partial charge is 0.153 e. The van der Waals surface area contributed by atoms with Crippen LogP contribution in [0.4, 0.5) is 0 Å². The molecular weight excluding hydrogens is 162 g/mol. The minimum atomic E-state index is -0.259. The normalized spacial score (nSPS) is 31.8. The summed E-state index contributed by atoms with van der Waals surface area (Å²) in [6, 6.07) is 0.362. The monoisotopic (exact) mass is 181 g/mol. The van der Waals surface area contributed by atoms with E-state index >= 15 is 0 Å². The highest BCUT2D eigenvalue weighted by molar-refractivity contribution is 5.92. The molecule has 0 aliphatic heterocycles. The van der Waals surface area contributed by atoms with E-state index in [1.54, 1.807) is 0 Å². The van der Waals surface area contributed by atoms with Crippen molar-refractivity contribution in [1.29, 1.82) is 0 Å². The van der Waals surface area contributed by atoms with Crippen molar-refractivity contribution in [2.24, 2.45) is 5.92 Å². The zero-order chi connectivity index (χ0) is 10.1. The van der Waals surface area contributed by atoms with Gasteiger partial charge in [-0.15, -0.1) is 6.58 Å². The number of nitrogens with one attached hydrogen (secondary N) is 1. The van der Waals surface area contributed by atoms with Crippen LogP contribution in [-0.4, -0.2) is 17.4 Å². The van der Waals surface area contributed by atoms with Crippen molar-refractivity contribution >= 4 is 5.78 Å². The molecule has 2 atom stereocenters. The van der Waals surface area contributed by atoms with Gasteiger partial charge in [0.05, 0.1) is 5.54 Å². The molecule has 13 heavy (non-hydrogen) atoms. The molecule has 0 unspecified atom stereocenters. The van der Waals surface area contributed by atoms with Gasteiger partial charge in [0, 0.05) is 18.4 Å². The number of ketones is 1. The first kappa shape index (κ1) is 10.5. The molecule has 1 N–H and O–H groups in total. The van der Waals surface area contributed by atoms with Gasteiger partial charge < -0.3 is 5.32 Å². The summed E-state index contributed by atoms with van der Waals surface area (Å²) < 4.78 is 0. The van der Waals surface area contributed by atoms with Crippen molar-refractivity contribution in [3.8, 4) is 0 Å². The first-order valence-corrected chi connectivity index (χ1v) is 5.00. The van der Waals surface area contributed by atoms with Crippen LogP contribution in [0.15, 0.2) is 12.7 Å². The second-order valence-corrected chi connectivity index (χ2v) is 4.09. The Morgan fingerprint density at radius 2 is 2.38 bits per heavy atom. The lowest BCUT2D eigenvalue weighted by Crippen LogP contribution is -2.44. The predicted molar refractivity (Wildman–Crippen MR) is 54.6 cm³/mol. The molecule has 0 spiro atoms. The van der Waals surface area contributed by atoms with Crippen LogP contribution in [0, 0.1) is 5.92 Å². The highest BCUT2D eigenvalue weighted by atomic mass is 16.1. The summed E-state index contributed by atoms with van der Waals surface area (Å²) in [4.78, 5) is 11.7. The van der Waals surface area contributed by atoms with E-state index in [0.29, 0.717) is 24.2 Å². The van der Waals surface area contributed by atoms with Gasteiger partial charge in [-0.2, -0.15) is 0 Å². The largest absolute Gasteiger partial charge is 0.302 e. The van der Waals surface area contributed by atoms with E-state index in [2.05, 4.69) is 25.7 Å². The molecule has 0 amide bonds. The predicted octanol–water partition coefficient (Wildman–Crippen LogP) is 1.91. The maximum atomic E-state index is 11.7.